The molecular weight excluding hydrogens is 162 g/mol. The summed E-state index contributed by atoms with van der Waals surface area (Å²) in [6.45, 7) is 2.01. The van der Waals surface area contributed by atoms with Crippen LogP contribution in [0.3, 0.4) is 0 Å². The topological polar surface area (TPSA) is 33.0 Å². The van der Waals surface area contributed by atoms with Gasteiger partial charge in [0.1, 0.15) is 5.75 Å². The molecule has 0 saturated carbocycles. The third-order valence-corrected chi connectivity index (χ3v) is 2.06. The number of benzene rings is 1. The number of rotatable bonds is 3. The van der Waals surface area contributed by atoms with Crippen LogP contribution in [0.2, 0.25) is 0 Å². The molecule has 2 heteroatoms. The summed E-state index contributed by atoms with van der Waals surface area (Å²) in [4.78, 5) is 0. The van der Waals surface area contributed by atoms with E-state index in [4.69, 9.17) is 10.00 Å². The molecule has 1 atom stereocenters. The van der Waals surface area contributed by atoms with Crippen LogP contribution >= 0.6 is 0 Å². The van der Waals surface area contributed by atoms with Gasteiger partial charge in [0.25, 0.3) is 0 Å². The van der Waals surface area contributed by atoms with Gasteiger partial charge >= 0.3 is 0 Å². The molecule has 0 aliphatic carbocycles. The Labute approximate surface area is 78.8 Å². The summed E-state index contributed by atoms with van der Waals surface area (Å²) in [5.41, 5.74) is 1.03. The molecule has 0 radical (unpaired) electrons. The zero-order chi connectivity index (χ0) is 9.68. The summed E-state index contributed by atoms with van der Waals surface area (Å²) in [5.74, 6) is 0.793. The Morgan fingerprint density at radius 2 is 2.31 bits per heavy atom. The summed E-state index contributed by atoms with van der Waals surface area (Å²) in [5, 5.41) is 8.85. The smallest absolute Gasteiger partial charge is 0.119 e. The monoisotopic (exact) mass is 175 g/mol. The van der Waals surface area contributed by atoms with Gasteiger partial charge in [0.15, 0.2) is 0 Å². The minimum absolute atomic E-state index is 0.0184. The molecule has 0 aliphatic heterocycles. The van der Waals surface area contributed by atoms with Gasteiger partial charge < -0.3 is 4.74 Å². The maximum atomic E-state index is 8.85. The molecule has 0 aromatic heterocycles. The molecule has 0 spiro atoms. The van der Waals surface area contributed by atoms with Crippen molar-refractivity contribution >= 4 is 0 Å². The zero-order valence-corrected chi connectivity index (χ0v) is 7.95. The molecule has 1 rings (SSSR count). The van der Waals surface area contributed by atoms with Gasteiger partial charge in [-0.3, -0.25) is 0 Å². The van der Waals surface area contributed by atoms with E-state index >= 15 is 0 Å². The first-order valence-corrected chi connectivity index (χ1v) is 4.35. The normalized spacial score (nSPS) is 11.8. The lowest BCUT2D eigenvalue weighted by Gasteiger charge is -2.07. The van der Waals surface area contributed by atoms with Crippen LogP contribution in [0.25, 0.3) is 0 Å². The summed E-state index contributed by atoms with van der Waals surface area (Å²) < 4.78 is 5.08. The third kappa shape index (κ3) is 2.22. The van der Waals surface area contributed by atoms with Gasteiger partial charge in [0.05, 0.1) is 19.1 Å². The average molecular weight is 175 g/mol. The lowest BCUT2D eigenvalue weighted by Crippen LogP contribution is -1.94. The van der Waals surface area contributed by atoms with E-state index in [1.165, 1.54) is 0 Å². The second-order valence-electron chi connectivity index (χ2n) is 2.87. The summed E-state index contributed by atoms with van der Waals surface area (Å²) in [6, 6.07) is 9.93. The number of methoxy groups -OCH3 is 1. The fourth-order valence-corrected chi connectivity index (χ4v) is 1.26. The first-order valence-electron chi connectivity index (χ1n) is 4.35. The van der Waals surface area contributed by atoms with Gasteiger partial charge in [0.2, 0.25) is 0 Å². The molecule has 0 heterocycles. The number of hydrogen-bond acceptors (Lipinski definition) is 2. The van der Waals surface area contributed by atoms with E-state index in [2.05, 4.69) is 6.07 Å². The molecule has 0 amide bonds. The molecule has 68 valence electrons. The van der Waals surface area contributed by atoms with Crippen molar-refractivity contribution in [2.75, 3.05) is 7.11 Å². The predicted molar refractivity (Wildman–Crippen MR) is 51.6 cm³/mol. The summed E-state index contributed by atoms with van der Waals surface area (Å²) in [6.07, 6.45) is 0.837. The molecule has 0 saturated heterocycles. The lowest BCUT2D eigenvalue weighted by atomic mass is 9.98. The molecule has 0 aliphatic rings. The second-order valence-corrected chi connectivity index (χ2v) is 2.87. The molecule has 1 unspecified atom stereocenters. The lowest BCUT2D eigenvalue weighted by molar-refractivity contribution is 0.414. The minimum Gasteiger partial charge on any atom is -0.497 e. The molecule has 2 nitrogen and oxygen atoms in total. The first-order chi connectivity index (χ1) is 6.31. The highest BCUT2D eigenvalue weighted by atomic mass is 16.5. The van der Waals surface area contributed by atoms with E-state index in [0.29, 0.717) is 0 Å². The Kier molecular flexibility index (Phi) is 3.33. The first kappa shape index (κ1) is 9.60. The van der Waals surface area contributed by atoms with Gasteiger partial charge in [-0.15, -0.1) is 0 Å². The van der Waals surface area contributed by atoms with E-state index in [9.17, 15) is 0 Å². The van der Waals surface area contributed by atoms with Gasteiger partial charge in [-0.25, -0.2) is 0 Å². The fraction of sp³-hybridized carbons (Fsp3) is 0.364. The van der Waals surface area contributed by atoms with Crippen molar-refractivity contribution in [3.05, 3.63) is 29.8 Å². The maximum Gasteiger partial charge on any atom is 0.119 e. The van der Waals surface area contributed by atoms with Gasteiger partial charge in [0, 0.05) is 0 Å². The Bertz CT molecular complexity index is 314. The molecule has 13 heavy (non-hydrogen) atoms. The number of nitriles is 1. The molecule has 0 N–H and O–H groups in total. The van der Waals surface area contributed by atoms with Crippen LogP contribution < -0.4 is 4.74 Å². The van der Waals surface area contributed by atoms with Crippen LogP contribution in [0.4, 0.5) is 0 Å². The average Bonchev–Trinajstić information content (AvgIpc) is 2.20. The van der Waals surface area contributed by atoms with Crippen molar-refractivity contribution in [1.82, 2.24) is 0 Å². The quantitative estimate of drug-likeness (QED) is 0.707. The molecule has 1 aromatic rings. The molecule has 0 fully saturated rings. The van der Waals surface area contributed by atoms with Crippen molar-refractivity contribution < 1.29 is 4.74 Å². The molecule has 1 aromatic carbocycles. The van der Waals surface area contributed by atoms with Crippen molar-refractivity contribution in [2.24, 2.45) is 0 Å². The van der Waals surface area contributed by atoms with Gasteiger partial charge in [-0.2, -0.15) is 5.26 Å². The van der Waals surface area contributed by atoms with E-state index in [1.54, 1.807) is 7.11 Å². The maximum absolute atomic E-state index is 8.85. The Morgan fingerprint density at radius 1 is 1.54 bits per heavy atom. The number of hydrogen-bond donors (Lipinski definition) is 0. The summed E-state index contributed by atoms with van der Waals surface area (Å²) in [7, 11) is 1.63. The van der Waals surface area contributed by atoms with Crippen molar-refractivity contribution in [3.63, 3.8) is 0 Å². The van der Waals surface area contributed by atoms with Crippen LogP contribution in [-0.2, 0) is 0 Å². The predicted octanol–water partition coefficient (Wildman–Crippen LogP) is 2.71. The Morgan fingerprint density at radius 3 is 2.85 bits per heavy atom. The van der Waals surface area contributed by atoms with Crippen molar-refractivity contribution in [2.45, 2.75) is 19.3 Å². The highest BCUT2D eigenvalue weighted by Gasteiger charge is 2.07. The second kappa shape index (κ2) is 4.51. The van der Waals surface area contributed by atoms with Gasteiger partial charge in [-0.1, -0.05) is 19.1 Å². The van der Waals surface area contributed by atoms with E-state index < -0.39 is 0 Å². The van der Waals surface area contributed by atoms with E-state index in [1.807, 2.05) is 31.2 Å². The largest absolute Gasteiger partial charge is 0.497 e. The SMILES string of the molecule is CCC(C#N)c1cccc(OC)c1. The number of ether oxygens (including phenoxy) is 1. The number of nitrogens with zero attached hydrogens (tertiary/aromatic N) is 1. The Hall–Kier alpha value is -1.49. The fourth-order valence-electron chi connectivity index (χ4n) is 1.26. The molecular formula is C11H13NO. The van der Waals surface area contributed by atoms with Crippen LogP contribution in [0.5, 0.6) is 5.75 Å². The Balaban J connectivity index is 2.94. The standard InChI is InChI=1S/C11H13NO/c1-3-9(8-12)10-5-4-6-11(7-10)13-2/h4-7,9H,3H2,1-2H3. The summed E-state index contributed by atoms with van der Waals surface area (Å²) >= 11 is 0. The van der Waals surface area contributed by atoms with Crippen LogP contribution in [0.15, 0.2) is 24.3 Å². The third-order valence-electron chi connectivity index (χ3n) is 2.06. The van der Waals surface area contributed by atoms with Crippen LogP contribution in [0, 0.1) is 11.3 Å². The molecule has 0 bridgehead atoms. The van der Waals surface area contributed by atoms with E-state index in [-0.39, 0.29) is 5.92 Å². The van der Waals surface area contributed by atoms with Crippen LogP contribution in [0.1, 0.15) is 24.8 Å². The van der Waals surface area contributed by atoms with E-state index in [0.717, 1.165) is 17.7 Å². The van der Waals surface area contributed by atoms with Gasteiger partial charge in [-0.05, 0) is 24.1 Å². The van der Waals surface area contributed by atoms with Crippen molar-refractivity contribution in [1.29, 1.82) is 5.26 Å². The highest BCUT2D eigenvalue weighted by molar-refractivity contribution is 5.33. The van der Waals surface area contributed by atoms with Crippen molar-refractivity contribution in [3.8, 4) is 11.8 Å². The zero-order valence-electron chi connectivity index (χ0n) is 7.95. The minimum atomic E-state index is -0.0184. The van der Waals surface area contributed by atoms with Crippen LogP contribution in [-0.4, -0.2) is 7.11 Å². The highest BCUT2D eigenvalue weighted by Crippen LogP contribution is 2.22.